The molecule has 0 bridgehead atoms. The maximum atomic E-state index is 11.9. The first kappa shape index (κ1) is 15.7. The molecule has 1 aliphatic heterocycles. The predicted octanol–water partition coefficient (Wildman–Crippen LogP) is -1.21. The molecule has 7 heteroatoms. The van der Waals surface area contributed by atoms with Gasteiger partial charge in [0.25, 0.3) is 0 Å². The third-order valence-corrected chi connectivity index (χ3v) is 3.41. The largest absolute Gasteiger partial charge is 0.370 e. The third kappa shape index (κ3) is 6.40. The van der Waals surface area contributed by atoms with Crippen molar-refractivity contribution in [3.05, 3.63) is 0 Å². The number of nitrogens with zero attached hydrogens (tertiary/aromatic N) is 1. The van der Waals surface area contributed by atoms with Gasteiger partial charge in [-0.15, -0.1) is 0 Å². The first-order valence-corrected chi connectivity index (χ1v) is 6.81. The summed E-state index contributed by atoms with van der Waals surface area (Å²) in [7, 11) is 2.09. The Bertz CT molecular complexity index is 301. The summed E-state index contributed by atoms with van der Waals surface area (Å²) in [6, 6.07) is -0.224. The van der Waals surface area contributed by atoms with Crippen LogP contribution in [0.2, 0.25) is 0 Å². The van der Waals surface area contributed by atoms with E-state index in [0.29, 0.717) is 13.0 Å². The Kier molecular flexibility index (Phi) is 6.58. The van der Waals surface area contributed by atoms with Crippen LogP contribution in [0.25, 0.3) is 0 Å². The first-order valence-electron chi connectivity index (χ1n) is 6.81. The minimum absolute atomic E-state index is 0.0515. The smallest absolute Gasteiger partial charge is 0.237 e. The molecule has 1 rings (SSSR count). The lowest BCUT2D eigenvalue weighted by Crippen LogP contribution is -2.49. The van der Waals surface area contributed by atoms with Crippen molar-refractivity contribution in [3.8, 4) is 0 Å². The second kappa shape index (κ2) is 7.96. The summed E-state index contributed by atoms with van der Waals surface area (Å²) in [6.07, 6.45) is 3.29. The number of piperidine rings is 1. The summed E-state index contributed by atoms with van der Waals surface area (Å²) in [6.45, 7) is 2.61. The van der Waals surface area contributed by atoms with Crippen LogP contribution >= 0.6 is 0 Å². The molecule has 1 fully saturated rings. The maximum Gasteiger partial charge on any atom is 0.237 e. The molecule has 0 aliphatic carbocycles. The number of amides is 1. The number of rotatable bonds is 6. The fourth-order valence-electron chi connectivity index (χ4n) is 2.14. The molecule has 0 radical (unpaired) electrons. The molecule has 1 saturated heterocycles. The average Bonchev–Trinajstić information content (AvgIpc) is 2.36. The Labute approximate surface area is 114 Å². The van der Waals surface area contributed by atoms with Crippen molar-refractivity contribution in [1.82, 2.24) is 15.5 Å². The average molecular weight is 270 g/mol. The van der Waals surface area contributed by atoms with Gasteiger partial charge in [-0.2, -0.15) is 0 Å². The standard InChI is InChI=1S/C12H26N6O/c1-18-7-4-9(5-8-18)17-11(19)10(13)3-2-6-16-12(14)15/h9-10H,2-8,13H2,1H3,(H,17,19)(H4,14,15,16)/t10-/m0/s1. The second-order valence-electron chi connectivity index (χ2n) is 5.18. The van der Waals surface area contributed by atoms with E-state index in [1.165, 1.54) is 0 Å². The summed E-state index contributed by atoms with van der Waals surface area (Å²) >= 11 is 0. The number of likely N-dealkylation sites (tertiary alicyclic amines) is 1. The zero-order valence-electron chi connectivity index (χ0n) is 11.6. The van der Waals surface area contributed by atoms with Crippen LogP contribution in [0.3, 0.4) is 0 Å². The number of hydrogen-bond donors (Lipinski definition) is 5. The van der Waals surface area contributed by atoms with Crippen molar-refractivity contribution in [2.24, 2.45) is 11.5 Å². The number of nitrogens with one attached hydrogen (secondary N) is 3. The highest BCUT2D eigenvalue weighted by Crippen LogP contribution is 2.08. The Morgan fingerprint density at radius 3 is 2.68 bits per heavy atom. The van der Waals surface area contributed by atoms with Crippen LogP contribution in [0.1, 0.15) is 25.7 Å². The number of hydrogen-bond acceptors (Lipinski definition) is 4. The van der Waals surface area contributed by atoms with Crippen molar-refractivity contribution in [3.63, 3.8) is 0 Å². The zero-order valence-corrected chi connectivity index (χ0v) is 11.6. The van der Waals surface area contributed by atoms with Crippen molar-refractivity contribution < 1.29 is 4.79 Å². The monoisotopic (exact) mass is 270 g/mol. The molecule has 0 saturated carbocycles. The Balaban J connectivity index is 2.15. The summed E-state index contributed by atoms with van der Waals surface area (Å²) < 4.78 is 0. The summed E-state index contributed by atoms with van der Waals surface area (Å²) in [5.74, 6) is -0.123. The quantitative estimate of drug-likeness (QED) is 0.235. The fraction of sp³-hybridized carbons (Fsp3) is 0.833. The highest BCUT2D eigenvalue weighted by Gasteiger charge is 2.21. The molecule has 0 spiro atoms. The molecule has 0 aromatic rings. The van der Waals surface area contributed by atoms with Gasteiger partial charge in [0, 0.05) is 12.6 Å². The lowest BCUT2D eigenvalue weighted by atomic mass is 10.0. The molecule has 0 unspecified atom stereocenters. The minimum atomic E-state index is -0.478. The van der Waals surface area contributed by atoms with Crippen LogP contribution in [-0.4, -0.2) is 55.5 Å². The molecule has 7 nitrogen and oxygen atoms in total. The van der Waals surface area contributed by atoms with Gasteiger partial charge in [-0.3, -0.25) is 10.2 Å². The zero-order chi connectivity index (χ0) is 14.3. The van der Waals surface area contributed by atoms with E-state index in [9.17, 15) is 4.79 Å². The van der Waals surface area contributed by atoms with Gasteiger partial charge in [0.15, 0.2) is 5.96 Å². The van der Waals surface area contributed by atoms with E-state index in [2.05, 4.69) is 22.6 Å². The Morgan fingerprint density at radius 1 is 1.47 bits per heavy atom. The lowest BCUT2D eigenvalue weighted by molar-refractivity contribution is -0.123. The van der Waals surface area contributed by atoms with Crippen LogP contribution in [0.15, 0.2) is 0 Å². The van der Waals surface area contributed by atoms with Crippen molar-refractivity contribution in [2.75, 3.05) is 26.7 Å². The van der Waals surface area contributed by atoms with Gasteiger partial charge in [0.2, 0.25) is 5.91 Å². The predicted molar refractivity (Wildman–Crippen MR) is 75.8 cm³/mol. The fourth-order valence-corrected chi connectivity index (χ4v) is 2.14. The van der Waals surface area contributed by atoms with E-state index in [0.717, 1.165) is 32.4 Å². The molecule has 1 aliphatic rings. The molecule has 1 amide bonds. The topological polar surface area (TPSA) is 120 Å². The summed E-state index contributed by atoms with van der Waals surface area (Å²) in [4.78, 5) is 14.1. The van der Waals surface area contributed by atoms with Crippen LogP contribution in [0.4, 0.5) is 0 Å². The van der Waals surface area contributed by atoms with Crippen LogP contribution in [-0.2, 0) is 4.79 Å². The van der Waals surface area contributed by atoms with E-state index in [1.807, 2.05) is 0 Å². The van der Waals surface area contributed by atoms with Crippen LogP contribution < -0.4 is 22.1 Å². The van der Waals surface area contributed by atoms with Gasteiger partial charge in [0.05, 0.1) is 6.04 Å². The number of carbonyl (C=O) groups is 1. The molecule has 7 N–H and O–H groups in total. The summed E-state index contributed by atoms with van der Waals surface area (Å²) in [5.41, 5.74) is 11.0. The lowest BCUT2D eigenvalue weighted by Gasteiger charge is -2.30. The first-order chi connectivity index (χ1) is 8.99. The molecule has 0 aromatic carbocycles. The highest BCUT2D eigenvalue weighted by atomic mass is 16.2. The second-order valence-corrected chi connectivity index (χ2v) is 5.18. The van der Waals surface area contributed by atoms with Gasteiger partial charge in [0.1, 0.15) is 0 Å². The van der Waals surface area contributed by atoms with Crippen molar-refractivity contribution in [1.29, 1.82) is 5.41 Å². The van der Waals surface area contributed by atoms with E-state index < -0.39 is 6.04 Å². The van der Waals surface area contributed by atoms with Crippen LogP contribution in [0, 0.1) is 5.41 Å². The molecule has 1 heterocycles. The number of guanidine groups is 1. The van der Waals surface area contributed by atoms with E-state index >= 15 is 0 Å². The molecule has 19 heavy (non-hydrogen) atoms. The SMILES string of the molecule is CN1CCC(NC(=O)[C@@H](N)CCCNC(=N)N)CC1. The molecular weight excluding hydrogens is 244 g/mol. The third-order valence-electron chi connectivity index (χ3n) is 3.41. The van der Waals surface area contributed by atoms with Crippen LogP contribution in [0.5, 0.6) is 0 Å². The number of carbonyl (C=O) groups excluding carboxylic acids is 1. The highest BCUT2D eigenvalue weighted by molar-refractivity contribution is 5.81. The van der Waals surface area contributed by atoms with Gasteiger partial charge in [-0.05, 0) is 45.8 Å². The van der Waals surface area contributed by atoms with Crippen molar-refractivity contribution in [2.45, 2.75) is 37.8 Å². The number of nitrogens with two attached hydrogens (primary N) is 2. The molecule has 1 atom stereocenters. The molecular formula is C12H26N6O. The minimum Gasteiger partial charge on any atom is -0.370 e. The van der Waals surface area contributed by atoms with Gasteiger partial charge >= 0.3 is 0 Å². The van der Waals surface area contributed by atoms with Gasteiger partial charge in [-0.25, -0.2) is 0 Å². The normalized spacial score (nSPS) is 18.8. The van der Waals surface area contributed by atoms with E-state index in [4.69, 9.17) is 16.9 Å². The summed E-state index contributed by atoms with van der Waals surface area (Å²) in [5, 5.41) is 12.7. The molecule has 0 aromatic heterocycles. The van der Waals surface area contributed by atoms with E-state index in [1.54, 1.807) is 0 Å². The maximum absolute atomic E-state index is 11.9. The van der Waals surface area contributed by atoms with Gasteiger partial charge in [-0.1, -0.05) is 0 Å². The van der Waals surface area contributed by atoms with Gasteiger partial charge < -0.3 is 27.0 Å². The van der Waals surface area contributed by atoms with E-state index in [-0.39, 0.29) is 17.9 Å². The Morgan fingerprint density at radius 2 is 2.11 bits per heavy atom. The Hall–Kier alpha value is -1.34. The molecule has 110 valence electrons. The van der Waals surface area contributed by atoms with Crippen molar-refractivity contribution >= 4 is 11.9 Å².